The molecular weight excluding hydrogens is 304 g/mol. The van der Waals surface area contributed by atoms with Gasteiger partial charge in [-0.3, -0.25) is 4.79 Å². The molecule has 5 nitrogen and oxygen atoms in total. The number of carbonyl (C=O) groups excluding carboxylic acids is 1. The van der Waals surface area contributed by atoms with Crippen molar-refractivity contribution >= 4 is 5.91 Å². The molecule has 1 aliphatic rings. The van der Waals surface area contributed by atoms with E-state index < -0.39 is 0 Å². The molecule has 0 saturated carbocycles. The Morgan fingerprint density at radius 1 is 1.25 bits per heavy atom. The van der Waals surface area contributed by atoms with Gasteiger partial charge >= 0.3 is 0 Å². The second kappa shape index (κ2) is 8.38. The normalized spacial score (nSPS) is 18.8. The number of nitrogens with zero attached hydrogens (tertiary/aromatic N) is 2. The maximum Gasteiger partial charge on any atom is 0.223 e. The fourth-order valence-corrected chi connectivity index (χ4v) is 3.37. The van der Waals surface area contributed by atoms with Crippen molar-refractivity contribution in [1.82, 2.24) is 9.80 Å². The maximum atomic E-state index is 12.8. The number of aryl methyl sites for hydroxylation is 1. The quantitative estimate of drug-likeness (QED) is 0.801. The maximum absolute atomic E-state index is 12.8. The van der Waals surface area contributed by atoms with Gasteiger partial charge in [0.05, 0.1) is 14.2 Å². The Kier molecular flexibility index (Phi) is 6.49. The van der Waals surface area contributed by atoms with Gasteiger partial charge in [-0.05, 0) is 31.0 Å². The molecule has 2 rings (SSSR count). The summed E-state index contributed by atoms with van der Waals surface area (Å²) in [6, 6.07) is 6.11. The van der Waals surface area contributed by atoms with Crippen LogP contribution in [0.5, 0.6) is 11.5 Å². The van der Waals surface area contributed by atoms with Crippen molar-refractivity contribution in [2.24, 2.45) is 5.92 Å². The highest BCUT2D eigenvalue weighted by Crippen LogP contribution is 2.31. The zero-order valence-corrected chi connectivity index (χ0v) is 15.5. The molecule has 0 aliphatic carbocycles. The molecule has 1 aromatic rings. The van der Waals surface area contributed by atoms with Crippen LogP contribution in [0.3, 0.4) is 0 Å². The van der Waals surface area contributed by atoms with Gasteiger partial charge in [0.1, 0.15) is 0 Å². The Morgan fingerprint density at radius 3 is 2.62 bits per heavy atom. The first-order chi connectivity index (χ1) is 11.5. The Balaban J connectivity index is 2.05. The van der Waals surface area contributed by atoms with Crippen molar-refractivity contribution < 1.29 is 14.3 Å². The topological polar surface area (TPSA) is 42.0 Å². The van der Waals surface area contributed by atoms with E-state index in [0.29, 0.717) is 30.6 Å². The van der Waals surface area contributed by atoms with E-state index in [1.54, 1.807) is 14.2 Å². The average molecular weight is 334 g/mol. The standard InChI is InChI=1S/C19H30N2O3/c1-14(2)16-13-20(3)11-12-21(16)18(22)10-9-15-7-6-8-17(23-4)19(15)24-5/h6-8,14,16H,9-13H2,1-5H3. The summed E-state index contributed by atoms with van der Waals surface area (Å²) in [5, 5.41) is 0. The van der Waals surface area contributed by atoms with Crippen LogP contribution in [0.2, 0.25) is 0 Å². The third kappa shape index (κ3) is 4.20. The van der Waals surface area contributed by atoms with Crippen LogP contribution >= 0.6 is 0 Å². The summed E-state index contributed by atoms with van der Waals surface area (Å²) in [4.78, 5) is 17.2. The third-order valence-corrected chi connectivity index (χ3v) is 4.80. The molecule has 1 unspecified atom stereocenters. The lowest BCUT2D eigenvalue weighted by molar-refractivity contribution is -0.137. The number of likely N-dealkylation sites (N-methyl/N-ethyl adjacent to an activating group) is 1. The SMILES string of the molecule is COc1cccc(CCC(=O)N2CCN(C)CC2C(C)C)c1OC. The second-order valence-corrected chi connectivity index (χ2v) is 6.81. The van der Waals surface area contributed by atoms with E-state index in [2.05, 4.69) is 30.7 Å². The number of methoxy groups -OCH3 is 2. The molecule has 134 valence electrons. The highest BCUT2D eigenvalue weighted by Gasteiger charge is 2.30. The molecule has 1 heterocycles. The van der Waals surface area contributed by atoms with Gasteiger partial charge in [-0.1, -0.05) is 26.0 Å². The summed E-state index contributed by atoms with van der Waals surface area (Å²) in [6.07, 6.45) is 1.16. The van der Waals surface area contributed by atoms with Crippen molar-refractivity contribution in [2.75, 3.05) is 40.9 Å². The van der Waals surface area contributed by atoms with Crippen LogP contribution in [-0.2, 0) is 11.2 Å². The van der Waals surface area contributed by atoms with Crippen LogP contribution in [0, 0.1) is 5.92 Å². The number of rotatable bonds is 6. The van der Waals surface area contributed by atoms with Crippen LogP contribution in [0.15, 0.2) is 18.2 Å². The molecule has 0 N–H and O–H groups in total. The summed E-state index contributed by atoms with van der Waals surface area (Å²) < 4.78 is 10.8. The number of hydrogen-bond acceptors (Lipinski definition) is 4. The van der Waals surface area contributed by atoms with E-state index >= 15 is 0 Å². The van der Waals surface area contributed by atoms with Crippen LogP contribution in [0.4, 0.5) is 0 Å². The summed E-state index contributed by atoms with van der Waals surface area (Å²) in [7, 11) is 5.39. The predicted octanol–water partition coefficient (Wildman–Crippen LogP) is 2.44. The van der Waals surface area contributed by atoms with Crippen molar-refractivity contribution in [3.8, 4) is 11.5 Å². The molecule has 1 fully saturated rings. The number of piperazine rings is 1. The molecule has 5 heteroatoms. The van der Waals surface area contributed by atoms with Gasteiger partial charge in [0.2, 0.25) is 5.91 Å². The van der Waals surface area contributed by atoms with Crippen LogP contribution < -0.4 is 9.47 Å². The number of para-hydroxylation sites is 1. The molecule has 1 amide bonds. The molecule has 0 radical (unpaired) electrons. The predicted molar refractivity (Wildman–Crippen MR) is 95.7 cm³/mol. The Labute approximate surface area is 145 Å². The van der Waals surface area contributed by atoms with E-state index in [1.807, 2.05) is 18.2 Å². The third-order valence-electron chi connectivity index (χ3n) is 4.80. The van der Waals surface area contributed by atoms with Gasteiger partial charge in [0.15, 0.2) is 11.5 Å². The Morgan fingerprint density at radius 2 is 2.00 bits per heavy atom. The first kappa shape index (κ1) is 18.6. The van der Waals surface area contributed by atoms with E-state index in [-0.39, 0.29) is 5.91 Å². The minimum absolute atomic E-state index is 0.228. The largest absolute Gasteiger partial charge is 0.493 e. The van der Waals surface area contributed by atoms with Gasteiger partial charge in [-0.25, -0.2) is 0 Å². The minimum Gasteiger partial charge on any atom is -0.493 e. The number of amides is 1. The molecule has 1 saturated heterocycles. The van der Waals surface area contributed by atoms with Crippen molar-refractivity contribution in [2.45, 2.75) is 32.7 Å². The molecule has 0 bridgehead atoms. The molecule has 24 heavy (non-hydrogen) atoms. The molecular formula is C19H30N2O3. The minimum atomic E-state index is 0.228. The highest BCUT2D eigenvalue weighted by molar-refractivity contribution is 5.77. The average Bonchev–Trinajstić information content (AvgIpc) is 2.58. The summed E-state index contributed by atoms with van der Waals surface area (Å²) in [5.41, 5.74) is 1.01. The fraction of sp³-hybridized carbons (Fsp3) is 0.632. The number of hydrogen-bond donors (Lipinski definition) is 0. The van der Waals surface area contributed by atoms with Gasteiger partial charge in [-0.2, -0.15) is 0 Å². The lowest BCUT2D eigenvalue weighted by atomic mass is 9.98. The van der Waals surface area contributed by atoms with Crippen molar-refractivity contribution in [3.05, 3.63) is 23.8 Å². The Hall–Kier alpha value is -1.75. The number of carbonyl (C=O) groups is 1. The summed E-state index contributed by atoms with van der Waals surface area (Å²) in [6.45, 7) is 7.08. The highest BCUT2D eigenvalue weighted by atomic mass is 16.5. The zero-order valence-electron chi connectivity index (χ0n) is 15.5. The van der Waals surface area contributed by atoms with Crippen LogP contribution in [0.25, 0.3) is 0 Å². The Bertz CT molecular complexity index is 560. The van der Waals surface area contributed by atoms with Crippen molar-refractivity contribution in [1.29, 1.82) is 0 Å². The van der Waals surface area contributed by atoms with Gasteiger partial charge in [0.25, 0.3) is 0 Å². The molecule has 0 aromatic heterocycles. The lowest BCUT2D eigenvalue weighted by Gasteiger charge is -2.42. The first-order valence-electron chi connectivity index (χ1n) is 8.65. The smallest absolute Gasteiger partial charge is 0.223 e. The monoisotopic (exact) mass is 334 g/mol. The van der Waals surface area contributed by atoms with Crippen LogP contribution in [0.1, 0.15) is 25.8 Å². The first-order valence-corrected chi connectivity index (χ1v) is 8.65. The van der Waals surface area contributed by atoms with Gasteiger partial charge < -0.3 is 19.3 Å². The zero-order chi connectivity index (χ0) is 17.7. The second-order valence-electron chi connectivity index (χ2n) is 6.81. The fourth-order valence-electron chi connectivity index (χ4n) is 3.37. The van der Waals surface area contributed by atoms with E-state index in [1.165, 1.54) is 0 Å². The number of benzene rings is 1. The summed E-state index contributed by atoms with van der Waals surface area (Å²) in [5.74, 6) is 2.13. The lowest BCUT2D eigenvalue weighted by Crippen LogP contribution is -2.56. The molecule has 1 atom stereocenters. The van der Waals surface area contributed by atoms with Gasteiger partial charge in [0, 0.05) is 32.1 Å². The molecule has 1 aromatic carbocycles. The molecule has 0 spiro atoms. The van der Waals surface area contributed by atoms with E-state index in [0.717, 1.165) is 30.9 Å². The number of ether oxygens (including phenoxy) is 2. The summed E-state index contributed by atoms with van der Waals surface area (Å²) >= 11 is 0. The molecule has 1 aliphatic heterocycles. The van der Waals surface area contributed by atoms with Gasteiger partial charge in [-0.15, -0.1) is 0 Å². The van der Waals surface area contributed by atoms with E-state index in [4.69, 9.17) is 9.47 Å². The van der Waals surface area contributed by atoms with Crippen molar-refractivity contribution in [3.63, 3.8) is 0 Å². The van der Waals surface area contributed by atoms with E-state index in [9.17, 15) is 4.79 Å². The van der Waals surface area contributed by atoms with Crippen LogP contribution in [-0.4, -0.2) is 62.7 Å².